The van der Waals surface area contributed by atoms with E-state index >= 15 is 0 Å². The first-order valence-corrected chi connectivity index (χ1v) is 4.82. The highest BCUT2D eigenvalue weighted by Gasteiger charge is 2.14. The maximum atomic E-state index is 9.32. The standard InChI is InChI=1S/C10H13NO5/c11-16-5-7(12)4-13-8-1-2-9-10(3-8)15-6-14-9/h1-3,7,12H,4-6,11H2. The summed E-state index contributed by atoms with van der Waals surface area (Å²) in [5.74, 6) is 6.75. The molecule has 1 atom stereocenters. The van der Waals surface area contributed by atoms with Gasteiger partial charge in [-0.3, -0.25) is 0 Å². The van der Waals surface area contributed by atoms with E-state index in [4.69, 9.17) is 20.1 Å². The van der Waals surface area contributed by atoms with Gasteiger partial charge in [-0.05, 0) is 12.1 Å². The van der Waals surface area contributed by atoms with Crippen molar-refractivity contribution in [3.63, 3.8) is 0 Å². The lowest BCUT2D eigenvalue weighted by molar-refractivity contribution is 0.0116. The third-order valence-electron chi connectivity index (χ3n) is 2.08. The Bertz CT molecular complexity index is 357. The molecule has 0 fully saturated rings. The Kier molecular flexibility index (Phi) is 3.45. The van der Waals surface area contributed by atoms with E-state index in [9.17, 15) is 5.11 Å². The molecule has 0 saturated heterocycles. The summed E-state index contributed by atoms with van der Waals surface area (Å²) in [6.07, 6.45) is -0.754. The van der Waals surface area contributed by atoms with E-state index in [1.165, 1.54) is 0 Å². The predicted octanol–water partition coefficient (Wildman–Crippen LogP) is 0.0453. The number of fused-ring (bicyclic) bond motifs is 1. The zero-order valence-corrected chi connectivity index (χ0v) is 8.59. The van der Waals surface area contributed by atoms with Crippen LogP contribution in [-0.4, -0.2) is 31.2 Å². The monoisotopic (exact) mass is 227 g/mol. The molecule has 1 aliphatic heterocycles. The summed E-state index contributed by atoms with van der Waals surface area (Å²) in [7, 11) is 0. The highest BCUT2D eigenvalue weighted by atomic mass is 16.7. The fraction of sp³-hybridized carbons (Fsp3) is 0.400. The van der Waals surface area contributed by atoms with Gasteiger partial charge >= 0.3 is 0 Å². The van der Waals surface area contributed by atoms with Gasteiger partial charge in [0.1, 0.15) is 18.5 Å². The molecule has 0 aromatic heterocycles. The zero-order valence-electron chi connectivity index (χ0n) is 8.59. The number of aliphatic hydroxyl groups excluding tert-OH is 1. The summed E-state index contributed by atoms with van der Waals surface area (Å²) in [5.41, 5.74) is 0. The van der Waals surface area contributed by atoms with E-state index in [0.29, 0.717) is 17.2 Å². The second-order valence-corrected chi connectivity index (χ2v) is 3.31. The normalized spacial score (nSPS) is 14.9. The fourth-order valence-electron chi connectivity index (χ4n) is 1.32. The van der Waals surface area contributed by atoms with Crippen molar-refractivity contribution >= 4 is 0 Å². The molecule has 1 aromatic rings. The molecule has 0 spiro atoms. The summed E-state index contributed by atoms with van der Waals surface area (Å²) in [6, 6.07) is 5.20. The number of rotatable bonds is 5. The Morgan fingerprint density at radius 2 is 2.12 bits per heavy atom. The Labute approximate surface area is 92.4 Å². The molecular formula is C10H13NO5. The third kappa shape index (κ3) is 2.54. The Balaban J connectivity index is 1.90. The second kappa shape index (κ2) is 5.02. The van der Waals surface area contributed by atoms with Crippen LogP contribution in [0.1, 0.15) is 0 Å². The first kappa shape index (κ1) is 11.0. The fourth-order valence-corrected chi connectivity index (χ4v) is 1.32. The smallest absolute Gasteiger partial charge is 0.231 e. The Morgan fingerprint density at radius 3 is 2.94 bits per heavy atom. The van der Waals surface area contributed by atoms with Crippen molar-refractivity contribution in [1.29, 1.82) is 0 Å². The molecule has 3 N–H and O–H groups in total. The van der Waals surface area contributed by atoms with Gasteiger partial charge in [0.15, 0.2) is 11.5 Å². The molecule has 0 radical (unpaired) electrons. The van der Waals surface area contributed by atoms with Crippen molar-refractivity contribution in [2.45, 2.75) is 6.10 Å². The lowest BCUT2D eigenvalue weighted by atomic mass is 10.3. The van der Waals surface area contributed by atoms with Crippen LogP contribution in [0.2, 0.25) is 0 Å². The first-order chi connectivity index (χ1) is 7.79. The van der Waals surface area contributed by atoms with Crippen molar-refractivity contribution in [3.8, 4) is 17.2 Å². The average Bonchev–Trinajstić information content (AvgIpc) is 2.74. The van der Waals surface area contributed by atoms with Crippen molar-refractivity contribution in [2.24, 2.45) is 5.90 Å². The minimum atomic E-state index is -0.754. The highest BCUT2D eigenvalue weighted by Crippen LogP contribution is 2.35. The maximum Gasteiger partial charge on any atom is 0.231 e. The number of hydrogen-bond acceptors (Lipinski definition) is 6. The number of benzene rings is 1. The maximum absolute atomic E-state index is 9.32. The molecule has 0 amide bonds. The topological polar surface area (TPSA) is 83.2 Å². The number of aliphatic hydroxyl groups is 1. The predicted molar refractivity (Wildman–Crippen MR) is 54.2 cm³/mol. The Hall–Kier alpha value is -1.50. The minimum Gasteiger partial charge on any atom is -0.491 e. The largest absolute Gasteiger partial charge is 0.491 e. The molecular weight excluding hydrogens is 214 g/mol. The van der Waals surface area contributed by atoms with Crippen molar-refractivity contribution < 1.29 is 24.2 Å². The summed E-state index contributed by atoms with van der Waals surface area (Å²) in [5, 5.41) is 9.32. The SMILES string of the molecule is NOCC(O)COc1ccc2c(c1)OCO2. The molecule has 6 heteroatoms. The van der Waals surface area contributed by atoms with Gasteiger partial charge in [-0.25, -0.2) is 5.90 Å². The van der Waals surface area contributed by atoms with Gasteiger partial charge in [0.25, 0.3) is 0 Å². The van der Waals surface area contributed by atoms with Crippen LogP contribution in [0.25, 0.3) is 0 Å². The van der Waals surface area contributed by atoms with Gasteiger partial charge < -0.3 is 24.2 Å². The van der Waals surface area contributed by atoms with E-state index in [0.717, 1.165) is 0 Å². The van der Waals surface area contributed by atoms with Gasteiger partial charge in [-0.15, -0.1) is 0 Å². The lowest BCUT2D eigenvalue weighted by Gasteiger charge is -2.11. The van der Waals surface area contributed by atoms with Crippen LogP contribution in [0.3, 0.4) is 0 Å². The van der Waals surface area contributed by atoms with Gasteiger partial charge in [-0.1, -0.05) is 0 Å². The van der Waals surface area contributed by atoms with E-state index in [1.54, 1.807) is 18.2 Å². The summed E-state index contributed by atoms with van der Waals surface area (Å²) < 4.78 is 15.7. The second-order valence-electron chi connectivity index (χ2n) is 3.31. The molecule has 1 heterocycles. The molecule has 16 heavy (non-hydrogen) atoms. The summed E-state index contributed by atoms with van der Waals surface area (Å²) in [6.45, 7) is 0.365. The summed E-state index contributed by atoms with van der Waals surface area (Å²) in [4.78, 5) is 4.29. The molecule has 1 unspecified atom stereocenters. The van der Waals surface area contributed by atoms with E-state index < -0.39 is 6.10 Å². The van der Waals surface area contributed by atoms with Gasteiger partial charge in [0, 0.05) is 6.07 Å². The van der Waals surface area contributed by atoms with Crippen LogP contribution in [0.4, 0.5) is 0 Å². The van der Waals surface area contributed by atoms with E-state index in [2.05, 4.69) is 4.84 Å². The minimum absolute atomic E-state index is 0.0323. The molecule has 88 valence electrons. The first-order valence-electron chi connectivity index (χ1n) is 4.82. The average molecular weight is 227 g/mol. The lowest BCUT2D eigenvalue weighted by Crippen LogP contribution is -2.25. The van der Waals surface area contributed by atoms with Crippen LogP contribution < -0.4 is 20.1 Å². The van der Waals surface area contributed by atoms with Crippen LogP contribution in [-0.2, 0) is 4.84 Å². The van der Waals surface area contributed by atoms with Crippen LogP contribution in [0.15, 0.2) is 18.2 Å². The van der Waals surface area contributed by atoms with Crippen molar-refractivity contribution in [3.05, 3.63) is 18.2 Å². The van der Waals surface area contributed by atoms with Crippen LogP contribution in [0.5, 0.6) is 17.2 Å². The zero-order chi connectivity index (χ0) is 11.4. The van der Waals surface area contributed by atoms with Gasteiger partial charge in [0.05, 0.1) is 6.61 Å². The van der Waals surface area contributed by atoms with Crippen LogP contribution >= 0.6 is 0 Å². The number of nitrogens with two attached hydrogens (primary N) is 1. The molecule has 1 aromatic carbocycles. The molecule has 0 bridgehead atoms. The molecule has 2 rings (SSSR count). The molecule has 1 aliphatic rings. The third-order valence-corrected chi connectivity index (χ3v) is 2.08. The highest BCUT2D eigenvalue weighted by molar-refractivity contribution is 5.46. The van der Waals surface area contributed by atoms with Gasteiger partial charge in [-0.2, -0.15) is 0 Å². The van der Waals surface area contributed by atoms with E-state index in [-0.39, 0.29) is 20.0 Å². The summed E-state index contributed by atoms with van der Waals surface area (Å²) >= 11 is 0. The number of hydrogen-bond donors (Lipinski definition) is 2. The van der Waals surface area contributed by atoms with Crippen molar-refractivity contribution in [1.82, 2.24) is 0 Å². The molecule has 0 aliphatic carbocycles. The molecule has 6 nitrogen and oxygen atoms in total. The van der Waals surface area contributed by atoms with Crippen LogP contribution in [0, 0.1) is 0 Å². The molecule has 0 saturated carbocycles. The van der Waals surface area contributed by atoms with E-state index in [1.807, 2.05) is 0 Å². The van der Waals surface area contributed by atoms with Crippen molar-refractivity contribution in [2.75, 3.05) is 20.0 Å². The number of ether oxygens (including phenoxy) is 3. The quantitative estimate of drug-likeness (QED) is 0.691. The van der Waals surface area contributed by atoms with Gasteiger partial charge in [0.2, 0.25) is 6.79 Å². The Morgan fingerprint density at radius 1 is 1.31 bits per heavy atom.